The number of H-pyrrole nitrogens is 1. The minimum absolute atomic E-state index is 0.104. The maximum atomic E-state index is 12.2. The lowest BCUT2D eigenvalue weighted by Crippen LogP contribution is -2.20. The smallest absolute Gasteiger partial charge is 0.258 e. The third-order valence-corrected chi connectivity index (χ3v) is 3.73. The van der Waals surface area contributed by atoms with E-state index in [0.29, 0.717) is 16.6 Å². The van der Waals surface area contributed by atoms with Crippen molar-refractivity contribution in [2.45, 2.75) is 4.90 Å². The number of aromatic nitrogens is 1. The SMILES string of the molecule is NN=C(C=Nc1ccc(S)cc1)c1cc2cc(O)ccc2[nH]c1=O. The molecule has 0 fully saturated rings. The van der Waals surface area contributed by atoms with Crippen LogP contribution in [-0.2, 0) is 0 Å². The van der Waals surface area contributed by atoms with Crippen LogP contribution in [0.2, 0.25) is 0 Å². The van der Waals surface area contributed by atoms with Crippen molar-refractivity contribution in [2.24, 2.45) is 15.9 Å². The van der Waals surface area contributed by atoms with Gasteiger partial charge in [-0.25, -0.2) is 0 Å². The quantitative estimate of drug-likeness (QED) is 0.255. The molecule has 120 valence electrons. The lowest BCUT2D eigenvalue weighted by Gasteiger charge is -2.03. The van der Waals surface area contributed by atoms with Gasteiger partial charge in [-0.3, -0.25) is 9.79 Å². The topological polar surface area (TPSA) is 104 Å². The fraction of sp³-hybridized carbons (Fsp3) is 0. The molecule has 0 aliphatic carbocycles. The van der Waals surface area contributed by atoms with Gasteiger partial charge >= 0.3 is 0 Å². The number of hydrogen-bond donors (Lipinski definition) is 4. The molecule has 0 spiro atoms. The number of rotatable bonds is 3. The van der Waals surface area contributed by atoms with Crippen LogP contribution in [-0.4, -0.2) is 22.0 Å². The Morgan fingerprint density at radius 1 is 1.17 bits per heavy atom. The fourth-order valence-corrected chi connectivity index (χ4v) is 2.38. The molecule has 0 aliphatic rings. The predicted octanol–water partition coefficient (Wildman–Crippen LogP) is 2.59. The van der Waals surface area contributed by atoms with Crippen LogP contribution in [0, 0.1) is 0 Å². The molecule has 0 bridgehead atoms. The van der Waals surface area contributed by atoms with Crippen molar-refractivity contribution in [1.82, 2.24) is 4.98 Å². The second kappa shape index (κ2) is 6.59. The average Bonchev–Trinajstić information content (AvgIpc) is 2.57. The van der Waals surface area contributed by atoms with E-state index in [2.05, 4.69) is 27.7 Å². The predicted molar refractivity (Wildman–Crippen MR) is 98.8 cm³/mol. The van der Waals surface area contributed by atoms with Gasteiger partial charge in [-0.2, -0.15) is 5.10 Å². The first-order valence-electron chi connectivity index (χ1n) is 7.04. The molecule has 7 heteroatoms. The van der Waals surface area contributed by atoms with Gasteiger partial charge in [-0.05, 0) is 48.5 Å². The summed E-state index contributed by atoms with van der Waals surface area (Å²) in [6.07, 6.45) is 1.42. The number of pyridine rings is 1. The van der Waals surface area contributed by atoms with Crippen LogP contribution in [0.3, 0.4) is 0 Å². The number of hydrazone groups is 1. The second-order valence-electron chi connectivity index (χ2n) is 5.07. The maximum Gasteiger partial charge on any atom is 0.258 e. The number of phenolic OH excluding ortho intramolecular Hbond substituents is 1. The van der Waals surface area contributed by atoms with Gasteiger partial charge in [0.05, 0.1) is 17.5 Å². The summed E-state index contributed by atoms with van der Waals surface area (Å²) >= 11 is 4.21. The van der Waals surface area contributed by atoms with Crippen molar-refractivity contribution in [3.63, 3.8) is 0 Å². The zero-order valence-corrected chi connectivity index (χ0v) is 13.4. The summed E-state index contributed by atoms with van der Waals surface area (Å²) in [5.74, 6) is 5.52. The van der Waals surface area contributed by atoms with E-state index in [9.17, 15) is 9.90 Å². The monoisotopic (exact) mass is 338 g/mol. The summed E-state index contributed by atoms with van der Waals surface area (Å²) in [5, 5.41) is 13.9. The van der Waals surface area contributed by atoms with Crippen LogP contribution in [0.15, 0.2) is 68.3 Å². The number of fused-ring (bicyclic) bond motifs is 1. The van der Waals surface area contributed by atoms with Crippen molar-refractivity contribution in [2.75, 3.05) is 0 Å². The van der Waals surface area contributed by atoms with Gasteiger partial charge in [-0.1, -0.05) is 0 Å². The largest absolute Gasteiger partial charge is 0.508 e. The van der Waals surface area contributed by atoms with Crippen LogP contribution in [0.25, 0.3) is 10.9 Å². The van der Waals surface area contributed by atoms with Crippen LogP contribution in [0.1, 0.15) is 5.56 Å². The molecule has 0 aliphatic heterocycles. The molecule has 0 atom stereocenters. The summed E-state index contributed by atoms with van der Waals surface area (Å²) in [6, 6.07) is 13.5. The summed E-state index contributed by atoms with van der Waals surface area (Å²) < 4.78 is 0. The van der Waals surface area contributed by atoms with Crippen LogP contribution < -0.4 is 11.4 Å². The second-order valence-corrected chi connectivity index (χ2v) is 5.59. The Bertz CT molecular complexity index is 1010. The van der Waals surface area contributed by atoms with E-state index in [-0.39, 0.29) is 22.6 Å². The molecular formula is C17H14N4O2S. The molecule has 6 nitrogen and oxygen atoms in total. The Kier molecular flexibility index (Phi) is 4.35. The van der Waals surface area contributed by atoms with E-state index in [4.69, 9.17) is 5.84 Å². The number of nitrogens with two attached hydrogens (primary N) is 1. The summed E-state index contributed by atoms with van der Waals surface area (Å²) in [5.41, 5.74) is 1.46. The molecule has 0 radical (unpaired) electrons. The summed E-state index contributed by atoms with van der Waals surface area (Å²) in [4.78, 5) is 20.1. The third-order valence-electron chi connectivity index (χ3n) is 3.43. The highest BCUT2D eigenvalue weighted by atomic mass is 32.1. The van der Waals surface area contributed by atoms with Crippen molar-refractivity contribution < 1.29 is 5.11 Å². The molecule has 24 heavy (non-hydrogen) atoms. The van der Waals surface area contributed by atoms with Crippen LogP contribution in [0.5, 0.6) is 5.75 Å². The van der Waals surface area contributed by atoms with Gasteiger partial charge in [0, 0.05) is 15.8 Å². The molecule has 3 rings (SSSR count). The number of aromatic amines is 1. The van der Waals surface area contributed by atoms with Crippen molar-refractivity contribution >= 4 is 41.1 Å². The number of thiol groups is 1. The standard InChI is InChI=1S/C17H14N4O2S/c18-21-16(9-19-11-1-4-13(24)5-2-11)14-8-10-7-12(22)3-6-15(10)20-17(14)23/h1-9,22,24H,18H2,(H,20,23). The molecule has 0 unspecified atom stereocenters. The first-order valence-corrected chi connectivity index (χ1v) is 7.49. The Morgan fingerprint density at radius 2 is 1.92 bits per heavy atom. The molecule has 2 aromatic carbocycles. The van der Waals surface area contributed by atoms with E-state index in [1.54, 1.807) is 42.5 Å². The number of nitrogens with one attached hydrogen (secondary N) is 1. The van der Waals surface area contributed by atoms with Gasteiger partial charge in [0.15, 0.2) is 0 Å². The van der Waals surface area contributed by atoms with Gasteiger partial charge in [0.25, 0.3) is 5.56 Å². The molecule has 4 N–H and O–H groups in total. The van der Waals surface area contributed by atoms with Gasteiger partial charge < -0.3 is 15.9 Å². The zero-order valence-electron chi connectivity index (χ0n) is 12.5. The van der Waals surface area contributed by atoms with Crippen molar-refractivity contribution in [3.8, 4) is 5.75 Å². The first kappa shape index (κ1) is 15.8. The van der Waals surface area contributed by atoms with Gasteiger partial charge in [0.1, 0.15) is 11.5 Å². The van der Waals surface area contributed by atoms with Crippen molar-refractivity contribution in [3.05, 3.63) is 64.4 Å². The third kappa shape index (κ3) is 3.31. The number of aromatic hydroxyl groups is 1. The average molecular weight is 338 g/mol. The van der Waals surface area contributed by atoms with E-state index in [1.165, 1.54) is 12.3 Å². The number of phenols is 1. The Labute approximate surface area is 142 Å². The zero-order chi connectivity index (χ0) is 17.1. The van der Waals surface area contributed by atoms with Crippen LogP contribution in [0.4, 0.5) is 5.69 Å². The number of hydrogen-bond acceptors (Lipinski definition) is 6. The van der Waals surface area contributed by atoms with E-state index < -0.39 is 0 Å². The Balaban J connectivity index is 2.01. The highest BCUT2D eigenvalue weighted by molar-refractivity contribution is 7.80. The summed E-state index contributed by atoms with van der Waals surface area (Å²) in [7, 11) is 0. The molecule has 1 aromatic heterocycles. The summed E-state index contributed by atoms with van der Waals surface area (Å²) in [6.45, 7) is 0. The van der Waals surface area contributed by atoms with Crippen LogP contribution >= 0.6 is 12.6 Å². The van der Waals surface area contributed by atoms with E-state index >= 15 is 0 Å². The molecule has 1 heterocycles. The lowest BCUT2D eigenvalue weighted by molar-refractivity contribution is 0.476. The minimum Gasteiger partial charge on any atom is -0.508 e. The van der Waals surface area contributed by atoms with E-state index in [1.807, 2.05) is 0 Å². The first-order chi connectivity index (χ1) is 11.6. The highest BCUT2D eigenvalue weighted by Gasteiger charge is 2.09. The number of benzene rings is 2. The van der Waals surface area contributed by atoms with Crippen molar-refractivity contribution in [1.29, 1.82) is 0 Å². The molecular weight excluding hydrogens is 324 g/mol. The van der Waals surface area contributed by atoms with E-state index in [0.717, 1.165) is 4.90 Å². The highest BCUT2D eigenvalue weighted by Crippen LogP contribution is 2.18. The minimum atomic E-state index is -0.338. The molecule has 0 saturated carbocycles. The lowest BCUT2D eigenvalue weighted by atomic mass is 10.1. The Morgan fingerprint density at radius 3 is 2.62 bits per heavy atom. The van der Waals surface area contributed by atoms with Gasteiger partial charge in [0.2, 0.25) is 0 Å². The molecule has 0 amide bonds. The fourth-order valence-electron chi connectivity index (χ4n) is 2.23. The number of nitrogens with zero attached hydrogens (tertiary/aromatic N) is 2. The maximum absolute atomic E-state index is 12.2. The van der Waals surface area contributed by atoms with Gasteiger partial charge in [-0.15, -0.1) is 12.6 Å². The molecule has 3 aromatic rings. The normalized spacial score (nSPS) is 12.1. The number of aliphatic imine (C=N–C) groups is 1. The molecule has 0 saturated heterocycles. The Hall–Kier alpha value is -3.06.